The zero-order chi connectivity index (χ0) is 13.5. The van der Waals surface area contributed by atoms with Crippen LogP contribution in [0.2, 0.25) is 0 Å². The fraction of sp³-hybridized carbons (Fsp3) is 0.250. The van der Waals surface area contributed by atoms with Gasteiger partial charge in [-0.25, -0.2) is 4.98 Å². The molecule has 0 spiro atoms. The molecule has 1 N–H and O–H groups in total. The van der Waals surface area contributed by atoms with Gasteiger partial charge < -0.3 is 4.98 Å². The molecule has 20 heavy (non-hydrogen) atoms. The number of H-pyrrole nitrogens is 1. The second kappa shape index (κ2) is 4.46. The monoisotopic (exact) mass is 279 g/mol. The molecule has 2 aromatic heterocycles. The van der Waals surface area contributed by atoms with Gasteiger partial charge in [0.25, 0.3) is 0 Å². The summed E-state index contributed by atoms with van der Waals surface area (Å²) >= 11 is 1.85. The maximum absolute atomic E-state index is 8.97. The number of fused-ring (bicyclic) bond motifs is 2. The Morgan fingerprint density at radius 2 is 2.30 bits per heavy atom. The molecule has 1 aliphatic rings. The van der Waals surface area contributed by atoms with E-state index in [0.29, 0.717) is 11.5 Å². The van der Waals surface area contributed by atoms with E-state index in [1.54, 1.807) is 0 Å². The molecule has 0 fully saturated rings. The van der Waals surface area contributed by atoms with Crippen LogP contribution in [0.4, 0.5) is 0 Å². The van der Waals surface area contributed by atoms with Crippen molar-refractivity contribution in [2.75, 3.05) is 0 Å². The topological polar surface area (TPSA) is 52.5 Å². The summed E-state index contributed by atoms with van der Waals surface area (Å²) in [6.45, 7) is 0. The van der Waals surface area contributed by atoms with Crippen LogP contribution in [0.15, 0.2) is 29.6 Å². The van der Waals surface area contributed by atoms with Gasteiger partial charge in [0.05, 0.1) is 22.7 Å². The molecule has 4 rings (SSSR count). The molecule has 2 heterocycles. The molecule has 98 valence electrons. The van der Waals surface area contributed by atoms with Crippen molar-refractivity contribution in [3.8, 4) is 6.07 Å². The first-order valence-electron chi connectivity index (χ1n) is 6.81. The third kappa shape index (κ3) is 1.75. The molecular formula is C16H13N3S. The minimum Gasteiger partial charge on any atom is -0.341 e. The van der Waals surface area contributed by atoms with Gasteiger partial charge in [0.2, 0.25) is 0 Å². The molecule has 1 aromatic carbocycles. The molecule has 0 aliphatic heterocycles. The number of aromatic amines is 1. The summed E-state index contributed by atoms with van der Waals surface area (Å²) < 4.78 is 0. The number of aryl methyl sites for hydroxylation is 1. The fourth-order valence-electron chi connectivity index (χ4n) is 3.03. The van der Waals surface area contributed by atoms with Gasteiger partial charge in [-0.3, -0.25) is 0 Å². The molecule has 0 saturated carbocycles. The molecule has 0 radical (unpaired) electrons. The summed E-state index contributed by atoms with van der Waals surface area (Å²) in [5.74, 6) is 1.41. The molecule has 4 heteroatoms. The highest BCUT2D eigenvalue weighted by molar-refractivity contribution is 7.10. The van der Waals surface area contributed by atoms with Crippen molar-refractivity contribution in [2.45, 2.75) is 25.2 Å². The predicted molar refractivity (Wildman–Crippen MR) is 79.9 cm³/mol. The second-order valence-electron chi connectivity index (χ2n) is 5.21. The van der Waals surface area contributed by atoms with Gasteiger partial charge in [-0.2, -0.15) is 5.26 Å². The third-order valence-electron chi connectivity index (χ3n) is 4.01. The van der Waals surface area contributed by atoms with Crippen LogP contribution >= 0.6 is 11.3 Å². The molecule has 1 unspecified atom stereocenters. The molecule has 0 saturated heterocycles. The average Bonchev–Trinajstić information content (AvgIpc) is 3.12. The van der Waals surface area contributed by atoms with Crippen molar-refractivity contribution in [2.24, 2.45) is 0 Å². The Morgan fingerprint density at radius 1 is 1.35 bits per heavy atom. The summed E-state index contributed by atoms with van der Waals surface area (Å²) in [5.41, 5.74) is 4.01. The Kier molecular flexibility index (Phi) is 2.61. The van der Waals surface area contributed by atoms with Crippen LogP contribution in [0.3, 0.4) is 0 Å². The van der Waals surface area contributed by atoms with Gasteiger partial charge in [-0.05, 0) is 54.5 Å². The number of hydrogen-bond donors (Lipinski definition) is 1. The molecule has 3 aromatic rings. The zero-order valence-electron chi connectivity index (χ0n) is 10.9. The molecule has 3 nitrogen and oxygen atoms in total. The largest absolute Gasteiger partial charge is 0.341 e. The van der Waals surface area contributed by atoms with E-state index < -0.39 is 0 Å². The smallest absolute Gasteiger partial charge is 0.114 e. The number of nitrogens with one attached hydrogen (secondary N) is 1. The number of imidazole rings is 1. The molecular weight excluding hydrogens is 266 g/mol. The SMILES string of the molecule is N#Cc1ccc2nc(C3CCCc4sccc43)[nH]c2c1. The van der Waals surface area contributed by atoms with Crippen molar-refractivity contribution in [1.82, 2.24) is 9.97 Å². The molecule has 0 bridgehead atoms. The lowest BCUT2D eigenvalue weighted by molar-refractivity contribution is 0.604. The standard InChI is InChI=1S/C16H13N3S/c17-9-10-4-5-13-14(8-10)19-16(18-13)12-2-1-3-15-11(12)6-7-20-15/h4-8,12H,1-3H2,(H,18,19). The van der Waals surface area contributed by atoms with Crippen molar-refractivity contribution in [3.63, 3.8) is 0 Å². The highest BCUT2D eigenvalue weighted by atomic mass is 32.1. The maximum atomic E-state index is 8.97. The Hall–Kier alpha value is -2.12. The Balaban J connectivity index is 1.82. The van der Waals surface area contributed by atoms with Gasteiger partial charge in [0.1, 0.15) is 5.82 Å². The second-order valence-corrected chi connectivity index (χ2v) is 6.21. The lowest BCUT2D eigenvalue weighted by Crippen LogP contribution is -2.09. The summed E-state index contributed by atoms with van der Waals surface area (Å²) in [6, 6.07) is 10.0. The van der Waals surface area contributed by atoms with Crippen molar-refractivity contribution < 1.29 is 0 Å². The Morgan fingerprint density at radius 3 is 3.20 bits per heavy atom. The van der Waals surface area contributed by atoms with Crippen LogP contribution in [-0.4, -0.2) is 9.97 Å². The van der Waals surface area contributed by atoms with Crippen molar-refractivity contribution >= 4 is 22.4 Å². The highest BCUT2D eigenvalue weighted by Gasteiger charge is 2.25. The Labute approximate surface area is 120 Å². The number of aromatic nitrogens is 2. The van der Waals surface area contributed by atoms with Crippen LogP contribution in [0, 0.1) is 11.3 Å². The van der Waals surface area contributed by atoms with Gasteiger partial charge in [0, 0.05) is 10.8 Å². The predicted octanol–water partition coefficient (Wildman–Crippen LogP) is 3.96. The summed E-state index contributed by atoms with van der Waals surface area (Å²) in [7, 11) is 0. The molecule has 0 amide bonds. The van der Waals surface area contributed by atoms with Gasteiger partial charge >= 0.3 is 0 Å². The summed E-state index contributed by atoms with van der Waals surface area (Å²) in [5, 5.41) is 11.2. The van der Waals surface area contributed by atoms with E-state index in [4.69, 9.17) is 10.2 Å². The first-order valence-corrected chi connectivity index (χ1v) is 7.69. The molecule has 1 aliphatic carbocycles. The first kappa shape index (κ1) is 11.7. The van der Waals surface area contributed by atoms with Gasteiger partial charge in [-0.15, -0.1) is 11.3 Å². The number of rotatable bonds is 1. The first-order chi connectivity index (χ1) is 9.85. The lowest BCUT2D eigenvalue weighted by Gasteiger charge is -2.20. The van der Waals surface area contributed by atoms with E-state index in [1.807, 2.05) is 29.5 Å². The van der Waals surface area contributed by atoms with Crippen LogP contribution in [0.1, 0.15) is 40.6 Å². The van der Waals surface area contributed by atoms with Crippen LogP contribution < -0.4 is 0 Å². The van der Waals surface area contributed by atoms with Crippen molar-refractivity contribution in [1.29, 1.82) is 5.26 Å². The van der Waals surface area contributed by atoms with E-state index >= 15 is 0 Å². The Bertz CT molecular complexity index is 822. The van der Waals surface area contributed by atoms with Gasteiger partial charge in [-0.1, -0.05) is 0 Å². The minimum atomic E-state index is 0.378. The molecule has 1 atom stereocenters. The minimum absolute atomic E-state index is 0.378. The third-order valence-corrected chi connectivity index (χ3v) is 5.01. The normalized spacial score (nSPS) is 17.9. The lowest BCUT2D eigenvalue weighted by atomic mass is 9.87. The van der Waals surface area contributed by atoms with Crippen LogP contribution in [-0.2, 0) is 6.42 Å². The van der Waals surface area contributed by atoms with E-state index in [9.17, 15) is 0 Å². The number of benzene rings is 1. The number of nitrogens with zero attached hydrogens (tertiary/aromatic N) is 2. The van der Waals surface area contributed by atoms with Crippen LogP contribution in [0.25, 0.3) is 11.0 Å². The average molecular weight is 279 g/mol. The number of nitriles is 1. The van der Waals surface area contributed by atoms with E-state index in [2.05, 4.69) is 22.5 Å². The quantitative estimate of drug-likeness (QED) is 0.733. The van der Waals surface area contributed by atoms with Crippen molar-refractivity contribution in [3.05, 3.63) is 51.5 Å². The number of hydrogen-bond acceptors (Lipinski definition) is 3. The highest BCUT2D eigenvalue weighted by Crippen LogP contribution is 2.38. The maximum Gasteiger partial charge on any atom is 0.114 e. The zero-order valence-corrected chi connectivity index (χ0v) is 11.7. The van der Waals surface area contributed by atoms with Crippen LogP contribution in [0.5, 0.6) is 0 Å². The fourth-order valence-corrected chi connectivity index (χ4v) is 4.02. The summed E-state index contributed by atoms with van der Waals surface area (Å²) in [4.78, 5) is 9.64. The summed E-state index contributed by atoms with van der Waals surface area (Å²) in [6.07, 6.45) is 3.57. The van der Waals surface area contributed by atoms with E-state index in [0.717, 1.165) is 23.3 Å². The van der Waals surface area contributed by atoms with E-state index in [-0.39, 0.29) is 0 Å². The van der Waals surface area contributed by atoms with E-state index in [1.165, 1.54) is 23.3 Å². The van der Waals surface area contributed by atoms with Gasteiger partial charge in [0.15, 0.2) is 0 Å². The number of thiophene rings is 1.